The lowest BCUT2D eigenvalue weighted by molar-refractivity contribution is -0.132. The number of rotatable bonds is 8. The minimum absolute atomic E-state index is 0.00183. The molecule has 0 bridgehead atoms. The first kappa shape index (κ1) is 27.1. The minimum atomic E-state index is -1.03. The topological polar surface area (TPSA) is 115 Å². The van der Waals surface area contributed by atoms with Crippen molar-refractivity contribution >= 4 is 39.9 Å². The fourth-order valence-corrected chi connectivity index (χ4v) is 5.86. The maximum atomic E-state index is 13.6. The lowest BCUT2D eigenvalue weighted by Gasteiger charge is -2.23. The molecule has 2 aliphatic rings. The number of benzene rings is 2. The number of ketones is 1. The van der Waals surface area contributed by atoms with E-state index in [1.165, 1.54) is 4.90 Å². The number of carbonyl (C=O) groups excluding carboxylic acids is 3. The zero-order chi connectivity index (χ0) is 28.6. The molecule has 10 heteroatoms. The highest BCUT2D eigenvalue weighted by Gasteiger charge is 2.48. The van der Waals surface area contributed by atoms with Crippen molar-refractivity contribution in [3.8, 4) is 11.5 Å². The molecule has 1 N–H and O–H groups in total. The number of hydrogen-bond donors (Lipinski definition) is 1. The van der Waals surface area contributed by atoms with Crippen LogP contribution in [-0.2, 0) is 20.7 Å². The van der Waals surface area contributed by atoms with Crippen LogP contribution in [0.3, 0.4) is 0 Å². The van der Waals surface area contributed by atoms with Gasteiger partial charge in [-0.2, -0.15) is 0 Å². The third-order valence-electron chi connectivity index (χ3n) is 6.61. The molecule has 1 saturated heterocycles. The van der Waals surface area contributed by atoms with Crippen molar-refractivity contribution in [1.82, 2.24) is 4.98 Å². The summed E-state index contributed by atoms with van der Waals surface area (Å²) in [6, 6.07) is 11.1. The van der Waals surface area contributed by atoms with Crippen LogP contribution in [0.4, 0.5) is 5.13 Å². The lowest BCUT2D eigenvalue weighted by atomic mass is 9.94. The van der Waals surface area contributed by atoms with Crippen LogP contribution in [0.5, 0.6) is 11.5 Å². The number of aliphatic hydroxyl groups excluding tert-OH is 1. The Morgan fingerprint density at radius 2 is 2.08 bits per heavy atom. The van der Waals surface area contributed by atoms with Crippen molar-refractivity contribution in [3.63, 3.8) is 0 Å². The Kier molecular flexibility index (Phi) is 7.44. The number of esters is 1. The Hall–Kier alpha value is -4.44. The van der Waals surface area contributed by atoms with Gasteiger partial charge in [-0.15, -0.1) is 0 Å². The first-order valence-electron chi connectivity index (χ1n) is 12.8. The van der Waals surface area contributed by atoms with E-state index in [4.69, 9.17) is 14.2 Å². The van der Waals surface area contributed by atoms with Crippen LogP contribution < -0.4 is 14.4 Å². The maximum absolute atomic E-state index is 13.6. The molecule has 0 aliphatic carbocycles. The second kappa shape index (κ2) is 11.0. The van der Waals surface area contributed by atoms with Gasteiger partial charge in [0.05, 0.1) is 23.9 Å². The number of nitrogens with zero attached hydrogens (tertiary/aromatic N) is 2. The number of amides is 1. The molecule has 1 aromatic heterocycles. The van der Waals surface area contributed by atoms with Gasteiger partial charge >= 0.3 is 11.9 Å². The molecule has 0 saturated carbocycles. The molecule has 3 heterocycles. The van der Waals surface area contributed by atoms with E-state index in [9.17, 15) is 19.5 Å². The van der Waals surface area contributed by atoms with Crippen molar-refractivity contribution in [1.29, 1.82) is 0 Å². The van der Waals surface area contributed by atoms with E-state index in [1.807, 2.05) is 6.92 Å². The molecule has 1 fully saturated rings. The summed E-state index contributed by atoms with van der Waals surface area (Å²) in [6.07, 6.45) is 2.26. The Balaban J connectivity index is 1.67. The molecule has 0 spiro atoms. The average Bonchev–Trinajstić information content (AvgIpc) is 3.59. The summed E-state index contributed by atoms with van der Waals surface area (Å²) in [6.45, 7) is 9.38. The number of thiazole rings is 1. The maximum Gasteiger partial charge on any atom is 0.350 e. The Morgan fingerprint density at radius 1 is 1.27 bits per heavy atom. The third kappa shape index (κ3) is 4.86. The molecule has 206 valence electrons. The average molecular weight is 561 g/mol. The summed E-state index contributed by atoms with van der Waals surface area (Å²) in [5, 5.41) is 11.7. The number of ether oxygens (including phenoxy) is 3. The van der Waals surface area contributed by atoms with Gasteiger partial charge in [0, 0.05) is 12.0 Å². The first-order chi connectivity index (χ1) is 19.2. The minimum Gasteiger partial charge on any atom is -0.507 e. The molecule has 1 amide bonds. The number of fused-ring (bicyclic) bond motifs is 1. The third-order valence-corrected chi connectivity index (χ3v) is 7.74. The Labute approximate surface area is 235 Å². The van der Waals surface area contributed by atoms with Gasteiger partial charge in [-0.1, -0.05) is 36.1 Å². The van der Waals surface area contributed by atoms with Crippen LogP contribution in [-0.4, -0.2) is 47.1 Å². The standard InChI is InChI=1S/C30H28N2O7S/c1-5-12-38-21-9-7-8-18(15-21)24-23(25(33)19-10-11-22-20(14-19)13-16(3)39-22)26(34)28(35)32(24)30-31-17(4)27(40-30)29(36)37-6-2/h5,7-11,14-16,24,33H,1,6,12-13H2,2-4H3/t16-,24-/m0/s1. The Morgan fingerprint density at radius 3 is 2.83 bits per heavy atom. The summed E-state index contributed by atoms with van der Waals surface area (Å²) < 4.78 is 16.6. The summed E-state index contributed by atoms with van der Waals surface area (Å²) in [7, 11) is 0. The van der Waals surface area contributed by atoms with Crippen LogP contribution in [0.2, 0.25) is 0 Å². The van der Waals surface area contributed by atoms with Gasteiger partial charge in [0.15, 0.2) is 5.13 Å². The van der Waals surface area contributed by atoms with Crippen LogP contribution in [0.1, 0.15) is 51.9 Å². The first-order valence-corrected chi connectivity index (χ1v) is 13.6. The van der Waals surface area contributed by atoms with Gasteiger partial charge < -0.3 is 19.3 Å². The second-order valence-corrected chi connectivity index (χ2v) is 10.4. The summed E-state index contributed by atoms with van der Waals surface area (Å²) in [4.78, 5) is 45.5. The molecule has 40 heavy (non-hydrogen) atoms. The van der Waals surface area contributed by atoms with E-state index in [0.29, 0.717) is 29.0 Å². The molecular formula is C30H28N2O7S. The number of aryl methyl sites for hydroxylation is 1. The predicted octanol–water partition coefficient (Wildman–Crippen LogP) is 5.14. The lowest BCUT2D eigenvalue weighted by Crippen LogP contribution is -2.29. The van der Waals surface area contributed by atoms with E-state index < -0.39 is 23.7 Å². The summed E-state index contributed by atoms with van der Waals surface area (Å²) in [5.74, 6) is -1.40. The highest BCUT2D eigenvalue weighted by molar-refractivity contribution is 7.17. The molecule has 2 aliphatic heterocycles. The largest absolute Gasteiger partial charge is 0.507 e. The number of carbonyl (C=O) groups is 3. The molecule has 0 unspecified atom stereocenters. The molecule has 2 atom stereocenters. The smallest absolute Gasteiger partial charge is 0.350 e. The van der Waals surface area contributed by atoms with Crippen molar-refractivity contribution < 1.29 is 33.7 Å². The second-order valence-electron chi connectivity index (χ2n) is 9.43. The SMILES string of the molecule is C=CCOc1cccc([C@H]2C(=C(O)c3ccc4c(c3)C[C@H](C)O4)C(=O)C(=O)N2c2nc(C)c(C(=O)OCC)s2)c1. The molecule has 9 nitrogen and oxygen atoms in total. The molecular weight excluding hydrogens is 532 g/mol. The normalized spacial score (nSPS) is 19.3. The zero-order valence-corrected chi connectivity index (χ0v) is 23.1. The Bertz CT molecular complexity index is 1560. The van der Waals surface area contributed by atoms with Crippen molar-refractivity contribution in [2.45, 2.75) is 39.3 Å². The quantitative estimate of drug-likeness (QED) is 0.132. The van der Waals surface area contributed by atoms with Gasteiger partial charge in [-0.3, -0.25) is 14.5 Å². The van der Waals surface area contributed by atoms with E-state index in [0.717, 1.165) is 22.6 Å². The van der Waals surface area contributed by atoms with Gasteiger partial charge in [-0.05, 0) is 62.2 Å². The summed E-state index contributed by atoms with van der Waals surface area (Å²) in [5.41, 5.74) is 2.09. The highest BCUT2D eigenvalue weighted by Crippen LogP contribution is 2.45. The van der Waals surface area contributed by atoms with Crippen molar-refractivity contribution in [3.05, 3.63) is 88.0 Å². The zero-order valence-electron chi connectivity index (χ0n) is 22.3. The van der Waals surface area contributed by atoms with Gasteiger partial charge in [-0.25, -0.2) is 9.78 Å². The van der Waals surface area contributed by atoms with Gasteiger partial charge in [0.2, 0.25) is 0 Å². The predicted molar refractivity (Wildman–Crippen MR) is 150 cm³/mol. The van der Waals surface area contributed by atoms with Crippen LogP contribution >= 0.6 is 11.3 Å². The van der Waals surface area contributed by atoms with E-state index in [2.05, 4.69) is 11.6 Å². The fraction of sp³-hybridized carbons (Fsp3) is 0.267. The highest BCUT2D eigenvalue weighted by atomic mass is 32.1. The van der Waals surface area contributed by atoms with E-state index in [1.54, 1.807) is 62.4 Å². The molecule has 2 aromatic carbocycles. The summed E-state index contributed by atoms with van der Waals surface area (Å²) >= 11 is 0.955. The number of hydrogen-bond acceptors (Lipinski definition) is 9. The van der Waals surface area contributed by atoms with E-state index in [-0.39, 0.29) is 40.7 Å². The number of Topliss-reactive ketones (excluding diaryl/α,β-unsaturated/α-hetero) is 1. The van der Waals surface area contributed by atoms with Gasteiger partial charge in [0.25, 0.3) is 5.78 Å². The van der Waals surface area contributed by atoms with E-state index >= 15 is 0 Å². The van der Waals surface area contributed by atoms with Crippen molar-refractivity contribution in [2.24, 2.45) is 0 Å². The monoisotopic (exact) mass is 560 g/mol. The van der Waals surface area contributed by atoms with Crippen molar-refractivity contribution in [2.75, 3.05) is 18.1 Å². The number of aromatic nitrogens is 1. The fourth-order valence-electron chi connectivity index (χ4n) is 4.87. The molecule has 3 aromatic rings. The number of aliphatic hydroxyl groups is 1. The number of anilines is 1. The molecule has 5 rings (SSSR count). The molecule has 0 radical (unpaired) electrons. The van der Waals surface area contributed by atoms with Crippen LogP contribution in [0.15, 0.2) is 60.7 Å². The van der Waals surface area contributed by atoms with Gasteiger partial charge in [0.1, 0.15) is 34.8 Å². The van der Waals surface area contributed by atoms with Crippen LogP contribution in [0.25, 0.3) is 5.76 Å². The van der Waals surface area contributed by atoms with Crippen LogP contribution in [0, 0.1) is 6.92 Å².